The van der Waals surface area contributed by atoms with Crippen molar-refractivity contribution >= 4 is 23.3 Å². The minimum Gasteiger partial charge on any atom is -0.301 e. The molecule has 1 saturated heterocycles. The molecule has 0 bridgehead atoms. The summed E-state index contributed by atoms with van der Waals surface area (Å²) >= 11 is 0. The molecule has 1 aliphatic rings. The van der Waals surface area contributed by atoms with Crippen molar-refractivity contribution < 1.29 is 0 Å². The van der Waals surface area contributed by atoms with Crippen LogP contribution in [0, 0.1) is 13.8 Å². The van der Waals surface area contributed by atoms with E-state index in [4.69, 9.17) is 0 Å². The van der Waals surface area contributed by atoms with Gasteiger partial charge in [0.2, 0.25) is 0 Å². The molecule has 4 heteroatoms. The number of aryl methyl sites for hydroxylation is 2. The highest BCUT2D eigenvalue weighted by Gasteiger charge is 2.30. The number of pyridine rings is 2. The van der Waals surface area contributed by atoms with E-state index >= 15 is 0 Å². The lowest BCUT2D eigenvalue weighted by atomic mass is 9.99. The van der Waals surface area contributed by atoms with E-state index in [1.54, 1.807) is 6.20 Å². The van der Waals surface area contributed by atoms with Gasteiger partial charge in [0.25, 0.3) is 0 Å². The summed E-state index contributed by atoms with van der Waals surface area (Å²) in [6, 6.07) is 13.0. The van der Waals surface area contributed by atoms with Gasteiger partial charge in [0.15, 0.2) is 5.65 Å². The van der Waals surface area contributed by atoms with Gasteiger partial charge in [-0.15, -0.1) is 0 Å². The van der Waals surface area contributed by atoms with Gasteiger partial charge in [-0.25, -0.2) is 9.97 Å². The third-order valence-corrected chi connectivity index (χ3v) is 5.57. The molecule has 0 spiro atoms. The first-order chi connectivity index (χ1) is 13.5. The number of nitrogens with zero attached hydrogens (tertiary/aromatic N) is 3. The third kappa shape index (κ3) is 3.05. The molecule has 0 amide bonds. The Balaban J connectivity index is 1.90. The number of hydrogen-bond donors (Lipinski definition) is 1. The average Bonchev–Trinajstić information content (AvgIpc) is 3.13. The first-order valence-electron chi connectivity index (χ1n) is 9.73. The molecular weight excluding hydrogens is 344 g/mol. The molecule has 1 unspecified atom stereocenters. The molecule has 28 heavy (non-hydrogen) atoms. The quantitative estimate of drug-likeness (QED) is 0.764. The summed E-state index contributed by atoms with van der Waals surface area (Å²) in [7, 11) is 0. The minimum absolute atomic E-state index is 0.200. The Morgan fingerprint density at radius 2 is 1.96 bits per heavy atom. The smallest absolute Gasteiger partial charge is 0.160 e. The second kappa shape index (κ2) is 7.12. The maximum absolute atomic E-state index is 4.66. The van der Waals surface area contributed by atoms with Gasteiger partial charge in [0.05, 0.1) is 11.4 Å². The number of benzene rings is 1. The van der Waals surface area contributed by atoms with Crippen molar-refractivity contribution in [1.82, 2.24) is 20.4 Å². The molecule has 3 heterocycles. The molecule has 0 saturated carbocycles. The number of hydrazine groups is 1. The number of nitrogens with one attached hydrogen (secondary N) is 1. The van der Waals surface area contributed by atoms with Crippen LogP contribution in [0.15, 0.2) is 54.9 Å². The van der Waals surface area contributed by atoms with Gasteiger partial charge in [0.1, 0.15) is 0 Å². The lowest BCUT2D eigenvalue weighted by Gasteiger charge is -2.27. The lowest BCUT2D eigenvalue weighted by Crippen LogP contribution is -2.37. The maximum atomic E-state index is 4.66. The molecule has 1 atom stereocenters. The van der Waals surface area contributed by atoms with Crippen LogP contribution in [0.4, 0.5) is 0 Å². The second-order valence-corrected chi connectivity index (χ2v) is 7.44. The predicted octanol–water partition coefficient (Wildman–Crippen LogP) is 3.64. The fraction of sp³-hybridized carbons (Fsp3) is 0.250. The average molecular weight is 371 g/mol. The highest BCUT2D eigenvalue weighted by Crippen LogP contribution is 2.35. The van der Waals surface area contributed by atoms with Gasteiger partial charge >= 0.3 is 0 Å². The number of allylic oxidation sites excluding steroid dienone is 1. The van der Waals surface area contributed by atoms with Gasteiger partial charge in [-0.05, 0) is 43.5 Å². The third-order valence-electron chi connectivity index (χ3n) is 5.57. The summed E-state index contributed by atoms with van der Waals surface area (Å²) in [6.45, 7) is 14.9. The predicted molar refractivity (Wildman–Crippen MR) is 115 cm³/mol. The van der Waals surface area contributed by atoms with Gasteiger partial charge < -0.3 is 5.43 Å². The van der Waals surface area contributed by atoms with Crippen LogP contribution in [0.5, 0.6) is 0 Å². The first-order valence-corrected chi connectivity index (χ1v) is 9.73. The first kappa shape index (κ1) is 18.2. The Hall–Kier alpha value is -3.14. The van der Waals surface area contributed by atoms with Crippen LogP contribution in [0.2, 0.25) is 0 Å². The van der Waals surface area contributed by atoms with Crippen LogP contribution in [-0.2, 0) is 0 Å². The van der Waals surface area contributed by atoms with Gasteiger partial charge in [-0.3, -0.25) is 5.01 Å². The number of rotatable bonds is 3. The monoisotopic (exact) mass is 370 g/mol. The zero-order valence-electron chi connectivity index (χ0n) is 16.8. The van der Waals surface area contributed by atoms with Crippen molar-refractivity contribution in [3.05, 3.63) is 82.1 Å². The van der Waals surface area contributed by atoms with Crippen molar-refractivity contribution in [1.29, 1.82) is 0 Å². The Bertz CT molecular complexity index is 1160. The van der Waals surface area contributed by atoms with E-state index in [1.165, 1.54) is 11.1 Å². The Kier molecular flexibility index (Phi) is 4.63. The second-order valence-electron chi connectivity index (χ2n) is 7.44. The standard InChI is InChI=1S/C24H26N4/c1-6-16(3)28-22(19-11-9-15(2)10-12-19)14-21(27-28)23-17(4)20-8-7-13-25-24(20)26-18(23)5/h7-13,22,27H,3,5-6,14H2,1-2,4H3. The summed E-state index contributed by atoms with van der Waals surface area (Å²) in [4.78, 5) is 9.05. The van der Waals surface area contributed by atoms with Crippen molar-refractivity contribution in [3.63, 3.8) is 0 Å². The summed E-state index contributed by atoms with van der Waals surface area (Å²) in [6.07, 6.45) is 3.52. The number of aromatic nitrogens is 2. The molecular formula is C24H26N4. The zero-order chi connectivity index (χ0) is 19.8. The van der Waals surface area contributed by atoms with E-state index in [9.17, 15) is 0 Å². The molecule has 142 valence electrons. The summed E-state index contributed by atoms with van der Waals surface area (Å²) in [5.74, 6) is 0. The van der Waals surface area contributed by atoms with Gasteiger partial charge in [-0.2, -0.15) is 0 Å². The summed E-state index contributed by atoms with van der Waals surface area (Å²) in [5.41, 5.74) is 10.3. The summed E-state index contributed by atoms with van der Waals surface area (Å²) in [5, 5.41) is 5.12. The minimum atomic E-state index is 0.200. The van der Waals surface area contributed by atoms with Gasteiger partial charge in [0, 0.05) is 34.6 Å². The fourth-order valence-electron chi connectivity index (χ4n) is 3.95. The number of fused-ring (bicyclic) bond motifs is 1. The summed E-state index contributed by atoms with van der Waals surface area (Å²) < 4.78 is 0. The van der Waals surface area contributed by atoms with Crippen LogP contribution in [0.3, 0.4) is 0 Å². The molecule has 3 aromatic rings. The molecule has 1 fully saturated rings. The molecule has 4 nitrogen and oxygen atoms in total. The van der Waals surface area contributed by atoms with Gasteiger partial charge in [-0.1, -0.05) is 49.9 Å². The Morgan fingerprint density at radius 3 is 2.68 bits per heavy atom. The van der Waals surface area contributed by atoms with E-state index in [2.05, 4.69) is 84.7 Å². The van der Waals surface area contributed by atoms with Crippen LogP contribution in [0.25, 0.3) is 23.3 Å². The normalized spacial score (nSPS) is 18.4. The molecule has 1 aromatic carbocycles. The van der Waals surface area contributed by atoms with Crippen LogP contribution >= 0.6 is 0 Å². The zero-order valence-corrected chi connectivity index (χ0v) is 16.8. The SMILES string of the molecule is C=C(CC)N1NC(=c2c(C)c3cccnc3nc2=C)CC1c1ccc(C)cc1. The molecule has 2 aromatic heterocycles. The molecule has 4 rings (SSSR count). The molecule has 1 N–H and O–H groups in total. The topological polar surface area (TPSA) is 41.0 Å². The van der Waals surface area contributed by atoms with E-state index < -0.39 is 0 Å². The highest BCUT2D eigenvalue weighted by molar-refractivity contribution is 5.79. The largest absolute Gasteiger partial charge is 0.301 e. The van der Waals surface area contributed by atoms with Crippen LogP contribution in [-0.4, -0.2) is 15.0 Å². The van der Waals surface area contributed by atoms with E-state index in [0.717, 1.165) is 51.4 Å². The fourth-order valence-corrected chi connectivity index (χ4v) is 3.95. The Labute approximate surface area is 165 Å². The molecule has 0 aliphatic carbocycles. The Morgan fingerprint density at radius 1 is 1.21 bits per heavy atom. The van der Waals surface area contributed by atoms with Crippen LogP contribution in [0.1, 0.15) is 42.5 Å². The maximum Gasteiger partial charge on any atom is 0.160 e. The van der Waals surface area contributed by atoms with Crippen LogP contribution < -0.4 is 16.0 Å². The highest BCUT2D eigenvalue weighted by atomic mass is 15.6. The van der Waals surface area contributed by atoms with Crippen molar-refractivity contribution in [2.24, 2.45) is 0 Å². The van der Waals surface area contributed by atoms with E-state index in [1.807, 2.05) is 6.07 Å². The lowest BCUT2D eigenvalue weighted by molar-refractivity contribution is 0.253. The van der Waals surface area contributed by atoms with Crippen molar-refractivity contribution in [2.45, 2.75) is 39.7 Å². The molecule has 1 aliphatic heterocycles. The van der Waals surface area contributed by atoms with Crippen molar-refractivity contribution in [3.8, 4) is 0 Å². The number of hydrogen-bond acceptors (Lipinski definition) is 4. The van der Waals surface area contributed by atoms with E-state index in [0.29, 0.717) is 0 Å². The molecule has 0 radical (unpaired) electrons. The van der Waals surface area contributed by atoms with E-state index in [-0.39, 0.29) is 6.04 Å². The van der Waals surface area contributed by atoms with Crippen molar-refractivity contribution in [2.75, 3.05) is 0 Å².